The number of rotatable bonds is 12. The number of esters is 1. The first-order chi connectivity index (χ1) is 15.2. The summed E-state index contributed by atoms with van der Waals surface area (Å²) in [6.45, 7) is 9.82. The fourth-order valence-corrected chi connectivity index (χ4v) is 5.42. The minimum atomic E-state index is -1.40. The van der Waals surface area contributed by atoms with Gasteiger partial charge in [-0.2, -0.15) is 0 Å². The van der Waals surface area contributed by atoms with Crippen LogP contribution in [0.15, 0.2) is 64.4 Å². The molecular weight excluding hydrogens is 438 g/mol. The Labute approximate surface area is 200 Å². The summed E-state index contributed by atoms with van der Waals surface area (Å²) in [6.07, 6.45) is 3.89. The van der Waals surface area contributed by atoms with Crippen molar-refractivity contribution in [3.63, 3.8) is 0 Å². The van der Waals surface area contributed by atoms with Crippen molar-refractivity contribution < 1.29 is 13.7 Å². The molecule has 1 N–H and O–H groups in total. The van der Waals surface area contributed by atoms with Gasteiger partial charge in [0, 0.05) is 16.7 Å². The van der Waals surface area contributed by atoms with Crippen molar-refractivity contribution in [2.45, 2.75) is 81.7 Å². The van der Waals surface area contributed by atoms with Gasteiger partial charge in [-0.3, -0.25) is 4.79 Å². The van der Waals surface area contributed by atoms with Gasteiger partial charge in [0.25, 0.3) is 0 Å². The molecule has 176 valence electrons. The Morgan fingerprint density at radius 3 is 2.31 bits per heavy atom. The number of thioether (sulfide) groups is 1. The van der Waals surface area contributed by atoms with Gasteiger partial charge in [-0.05, 0) is 58.4 Å². The first-order valence-electron chi connectivity index (χ1n) is 11.3. The van der Waals surface area contributed by atoms with Crippen molar-refractivity contribution >= 4 is 28.7 Å². The van der Waals surface area contributed by atoms with Gasteiger partial charge in [0.15, 0.2) is 0 Å². The quantitative estimate of drug-likeness (QED) is 0.222. The molecule has 0 unspecified atom stereocenters. The normalized spacial score (nSPS) is 14.5. The van der Waals surface area contributed by atoms with Gasteiger partial charge in [-0.15, -0.1) is 11.8 Å². The zero-order valence-electron chi connectivity index (χ0n) is 19.9. The molecule has 0 saturated carbocycles. The third-order valence-corrected chi connectivity index (χ3v) is 7.33. The van der Waals surface area contributed by atoms with E-state index in [2.05, 4.69) is 11.6 Å². The van der Waals surface area contributed by atoms with Crippen LogP contribution in [-0.2, 0) is 20.5 Å². The second-order valence-corrected chi connectivity index (χ2v) is 11.4. The maximum atomic E-state index is 13.2. The van der Waals surface area contributed by atoms with E-state index in [1.165, 1.54) is 0 Å². The second-order valence-electron chi connectivity index (χ2n) is 9.07. The molecule has 2 aromatic rings. The number of hydrogen-bond acceptors (Lipinski definition) is 4. The molecule has 0 bridgehead atoms. The molecule has 0 saturated heterocycles. The Hall–Kier alpha value is -1.63. The Morgan fingerprint density at radius 1 is 1.06 bits per heavy atom. The maximum Gasteiger partial charge on any atom is 0.311 e. The van der Waals surface area contributed by atoms with Gasteiger partial charge in [-0.25, -0.2) is 8.93 Å². The molecule has 0 aromatic heterocycles. The minimum absolute atomic E-state index is 0.240. The molecule has 0 heterocycles. The predicted molar refractivity (Wildman–Crippen MR) is 135 cm³/mol. The van der Waals surface area contributed by atoms with E-state index in [0.29, 0.717) is 5.75 Å². The highest BCUT2D eigenvalue weighted by atomic mass is 32.2. The number of nitrogens with one attached hydrogen (secondary N) is 1. The molecule has 3 atom stereocenters. The van der Waals surface area contributed by atoms with Crippen LogP contribution in [0.2, 0.25) is 0 Å². The van der Waals surface area contributed by atoms with Crippen LogP contribution < -0.4 is 4.72 Å². The van der Waals surface area contributed by atoms with Crippen LogP contribution in [0.25, 0.3) is 0 Å². The molecule has 2 rings (SSSR count). The smallest absolute Gasteiger partial charge is 0.311 e. The summed E-state index contributed by atoms with van der Waals surface area (Å²) in [6, 6.07) is 17.5. The average molecular weight is 476 g/mol. The van der Waals surface area contributed by atoms with E-state index in [0.717, 1.165) is 41.0 Å². The van der Waals surface area contributed by atoms with E-state index in [9.17, 15) is 9.00 Å². The lowest BCUT2D eigenvalue weighted by Gasteiger charge is -2.29. The fraction of sp³-hybridized carbons (Fsp3) is 0.500. The number of aryl methyl sites for hydroxylation is 1. The zero-order valence-corrected chi connectivity index (χ0v) is 21.6. The first-order valence-corrected chi connectivity index (χ1v) is 13.5. The van der Waals surface area contributed by atoms with Crippen molar-refractivity contribution in [2.75, 3.05) is 5.75 Å². The summed E-state index contributed by atoms with van der Waals surface area (Å²) in [4.78, 5) is 15.1. The molecule has 32 heavy (non-hydrogen) atoms. The van der Waals surface area contributed by atoms with Crippen molar-refractivity contribution in [3.8, 4) is 0 Å². The molecule has 4 nitrogen and oxygen atoms in total. The van der Waals surface area contributed by atoms with Crippen molar-refractivity contribution in [2.24, 2.45) is 5.92 Å². The van der Waals surface area contributed by atoms with E-state index in [4.69, 9.17) is 4.74 Å². The molecule has 0 fully saturated rings. The molecule has 0 aliphatic carbocycles. The molecule has 0 aliphatic rings. The summed E-state index contributed by atoms with van der Waals surface area (Å²) in [5.41, 5.74) is 0.549. The Balaban J connectivity index is 2.24. The van der Waals surface area contributed by atoms with E-state index in [1.54, 1.807) is 11.8 Å². The van der Waals surface area contributed by atoms with Crippen LogP contribution >= 0.6 is 11.8 Å². The molecule has 6 heteroatoms. The minimum Gasteiger partial charge on any atom is -0.460 e. The Bertz CT molecular complexity index is 848. The Kier molecular flexibility index (Phi) is 11.0. The van der Waals surface area contributed by atoms with Crippen molar-refractivity contribution in [3.05, 3.63) is 60.2 Å². The van der Waals surface area contributed by atoms with Crippen LogP contribution in [0.4, 0.5) is 0 Å². The third-order valence-electron chi connectivity index (χ3n) is 4.98. The molecule has 2 aromatic carbocycles. The fourth-order valence-electron chi connectivity index (χ4n) is 3.25. The van der Waals surface area contributed by atoms with Crippen LogP contribution in [0, 0.1) is 12.8 Å². The van der Waals surface area contributed by atoms with Crippen LogP contribution in [0.5, 0.6) is 0 Å². The van der Waals surface area contributed by atoms with E-state index < -0.39 is 22.5 Å². The average Bonchev–Trinajstić information content (AvgIpc) is 2.73. The topological polar surface area (TPSA) is 55.4 Å². The highest BCUT2D eigenvalue weighted by molar-refractivity contribution is 7.99. The predicted octanol–water partition coefficient (Wildman–Crippen LogP) is 6.31. The monoisotopic (exact) mass is 475 g/mol. The molecule has 0 spiro atoms. The molecular formula is C26H37NO3S2. The van der Waals surface area contributed by atoms with Crippen LogP contribution in [0.3, 0.4) is 0 Å². The number of unbranched alkanes of at least 4 members (excludes halogenated alkanes) is 2. The van der Waals surface area contributed by atoms with Gasteiger partial charge >= 0.3 is 5.97 Å². The van der Waals surface area contributed by atoms with Crippen molar-refractivity contribution in [1.82, 2.24) is 4.72 Å². The summed E-state index contributed by atoms with van der Waals surface area (Å²) in [7, 11) is -1.40. The number of carbonyl (C=O) groups excluding carboxylic acids is 1. The van der Waals surface area contributed by atoms with E-state index in [1.807, 2.05) is 82.3 Å². The summed E-state index contributed by atoms with van der Waals surface area (Å²) >= 11 is 1.64. The number of benzene rings is 2. The lowest BCUT2D eigenvalue weighted by atomic mass is 9.96. The molecule has 0 amide bonds. The molecule has 0 aliphatic heterocycles. The van der Waals surface area contributed by atoms with Crippen LogP contribution in [0.1, 0.15) is 58.9 Å². The summed E-state index contributed by atoms with van der Waals surface area (Å²) in [5, 5.41) is 0. The second kappa shape index (κ2) is 13.2. The SMILES string of the molecule is CCCCC[C@H](N[S@@](=O)c1ccc(C)cc1)[C@@H](CSc1ccccc1)C(=O)OC(C)(C)C. The first kappa shape index (κ1) is 26.6. The van der Waals surface area contributed by atoms with E-state index in [-0.39, 0.29) is 12.0 Å². The van der Waals surface area contributed by atoms with Crippen molar-refractivity contribution in [1.29, 1.82) is 0 Å². The summed E-state index contributed by atoms with van der Waals surface area (Å²) < 4.78 is 22.2. The van der Waals surface area contributed by atoms with Gasteiger partial charge in [0.2, 0.25) is 0 Å². The molecule has 0 radical (unpaired) electrons. The largest absolute Gasteiger partial charge is 0.460 e. The highest BCUT2D eigenvalue weighted by Gasteiger charge is 2.33. The maximum absolute atomic E-state index is 13.2. The van der Waals surface area contributed by atoms with Gasteiger partial charge in [-0.1, -0.05) is 62.1 Å². The van der Waals surface area contributed by atoms with Crippen LogP contribution in [-0.4, -0.2) is 27.6 Å². The van der Waals surface area contributed by atoms with E-state index >= 15 is 0 Å². The zero-order chi connectivity index (χ0) is 23.6. The standard InChI is InChI=1S/C26H37NO3S2/c1-6-7-9-14-24(27-32(29)22-17-15-20(2)16-18-22)23(25(28)30-26(3,4)5)19-31-21-12-10-8-11-13-21/h8,10-13,15-18,23-24,27H,6-7,9,14,19H2,1-5H3/t23-,24+,32+/m1/s1. The lowest BCUT2D eigenvalue weighted by Crippen LogP contribution is -2.44. The lowest BCUT2D eigenvalue weighted by molar-refractivity contribution is -0.160. The number of ether oxygens (including phenoxy) is 1. The number of carbonyl (C=O) groups is 1. The van der Waals surface area contributed by atoms with Gasteiger partial charge in [0.1, 0.15) is 16.6 Å². The highest BCUT2D eigenvalue weighted by Crippen LogP contribution is 2.27. The number of hydrogen-bond donors (Lipinski definition) is 1. The Morgan fingerprint density at radius 2 is 1.72 bits per heavy atom. The van der Waals surface area contributed by atoms with Gasteiger partial charge < -0.3 is 4.74 Å². The summed E-state index contributed by atoms with van der Waals surface area (Å²) in [5.74, 6) is -0.0881. The third kappa shape index (κ3) is 9.47. The van der Waals surface area contributed by atoms with Gasteiger partial charge in [0.05, 0.1) is 10.8 Å².